The van der Waals surface area contributed by atoms with E-state index in [9.17, 15) is 0 Å². The smallest absolute Gasteiger partial charge is 0.192 e. The number of pyridine rings is 1. The summed E-state index contributed by atoms with van der Waals surface area (Å²) in [5, 5.41) is 9.33. The zero-order valence-electron chi connectivity index (χ0n) is 7.66. The molecular formula is C10H6N4S. The van der Waals surface area contributed by atoms with Crippen molar-refractivity contribution in [1.29, 1.82) is 5.26 Å². The number of nitriles is 1. The second-order valence-corrected chi connectivity index (χ2v) is 3.66. The highest BCUT2D eigenvalue weighted by molar-refractivity contribution is 7.99. The Kier molecular flexibility index (Phi) is 2.90. The Hall–Kier alpha value is -1.93. The van der Waals surface area contributed by atoms with Crippen LogP contribution in [-0.4, -0.2) is 15.0 Å². The molecule has 0 amide bonds. The van der Waals surface area contributed by atoms with Gasteiger partial charge in [0.1, 0.15) is 11.8 Å². The Bertz CT molecular complexity index is 492. The van der Waals surface area contributed by atoms with Crippen LogP contribution in [0.25, 0.3) is 0 Å². The van der Waals surface area contributed by atoms with Gasteiger partial charge in [0.15, 0.2) is 5.16 Å². The number of rotatable bonds is 2. The van der Waals surface area contributed by atoms with E-state index in [4.69, 9.17) is 5.26 Å². The van der Waals surface area contributed by atoms with Gasteiger partial charge in [-0.15, -0.1) is 0 Å². The highest BCUT2D eigenvalue weighted by Gasteiger charge is 2.00. The first kappa shape index (κ1) is 9.62. The highest BCUT2D eigenvalue weighted by atomic mass is 32.2. The molecule has 0 radical (unpaired) electrons. The average molecular weight is 214 g/mol. The largest absolute Gasteiger partial charge is 0.245 e. The first-order chi connectivity index (χ1) is 7.38. The number of aromatic nitrogens is 3. The molecular weight excluding hydrogens is 208 g/mol. The Morgan fingerprint density at radius 2 is 1.93 bits per heavy atom. The van der Waals surface area contributed by atoms with Gasteiger partial charge in [-0.25, -0.2) is 15.0 Å². The topological polar surface area (TPSA) is 62.5 Å². The van der Waals surface area contributed by atoms with Crippen LogP contribution >= 0.6 is 11.8 Å². The van der Waals surface area contributed by atoms with Crippen molar-refractivity contribution < 1.29 is 0 Å². The maximum absolute atomic E-state index is 8.68. The van der Waals surface area contributed by atoms with E-state index in [0.29, 0.717) is 10.9 Å². The number of hydrogen-bond donors (Lipinski definition) is 0. The molecule has 72 valence electrons. The van der Waals surface area contributed by atoms with Crippen molar-refractivity contribution in [3.63, 3.8) is 0 Å². The molecule has 4 nitrogen and oxygen atoms in total. The molecule has 0 aliphatic carbocycles. The van der Waals surface area contributed by atoms with E-state index in [2.05, 4.69) is 15.0 Å². The molecule has 0 spiro atoms. The van der Waals surface area contributed by atoms with Crippen LogP contribution in [0.4, 0.5) is 0 Å². The molecule has 0 N–H and O–H groups in total. The second kappa shape index (κ2) is 4.53. The summed E-state index contributed by atoms with van der Waals surface area (Å²) in [5.41, 5.74) is 0.399. The number of nitrogens with zero attached hydrogens (tertiary/aromatic N) is 4. The summed E-state index contributed by atoms with van der Waals surface area (Å²) in [4.78, 5) is 13.0. The van der Waals surface area contributed by atoms with Crippen molar-refractivity contribution in [3.8, 4) is 6.07 Å². The fraction of sp³-hybridized carbons (Fsp3) is 0. The van der Waals surface area contributed by atoms with Gasteiger partial charge in [0, 0.05) is 23.5 Å². The molecule has 15 heavy (non-hydrogen) atoms. The van der Waals surface area contributed by atoms with E-state index in [1.54, 1.807) is 30.7 Å². The molecule has 0 bridgehead atoms. The zero-order chi connectivity index (χ0) is 10.5. The molecule has 0 unspecified atom stereocenters. The van der Waals surface area contributed by atoms with E-state index >= 15 is 0 Å². The maximum Gasteiger partial charge on any atom is 0.192 e. The van der Waals surface area contributed by atoms with Crippen molar-refractivity contribution in [1.82, 2.24) is 15.0 Å². The van der Waals surface area contributed by atoms with Crippen LogP contribution in [0, 0.1) is 11.3 Å². The summed E-state index contributed by atoms with van der Waals surface area (Å²) >= 11 is 1.40. The monoisotopic (exact) mass is 214 g/mol. The van der Waals surface area contributed by atoms with Crippen LogP contribution in [-0.2, 0) is 0 Å². The van der Waals surface area contributed by atoms with Crippen LogP contribution in [0.1, 0.15) is 5.69 Å². The zero-order valence-corrected chi connectivity index (χ0v) is 8.48. The van der Waals surface area contributed by atoms with Crippen molar-refractivity contribution in [2.24, 2.45) is 0 Å². The Morgan fingerprint density at radius 3 is 2.67 bits per heavy atom. The van der Waals surface area contributed by atoms with Gasteiger partial charge >= 0.3 is 0 Å². The fourth-order valence-corrected chi connectivity index (χ4v) is 1.72. The molecule has 0 aliphatic rings. The molecule has 0 aromatic carbocycles. The van der Waals surface area contributed by atoms with Gasteiger partial charge < -0.3 is 0 Å². The Morgan fingerprint density at radius 1 is 1.13 bits per heavy atom. The predicted octanol–water partition coefficient (Wildman–Crippen LogP) is 1.89. The van der Waals surface area contributed by atoms with Crippen LogP contribution in [0.2, 0.25) is 0 Å². The third kappa shape index (κ3) is 2.51. The lowest BCUT2D eigenvalue weighted by molar-refractivity contribution is 0.966. The normalized spacial score (nSPS) is 9.53. The maximum atomic E-state index is 8.68. The summed E-state index contributed by atoms with van der Waals surface area (Å²) < 4.78 is 0. The lowest BCUT2D eigenvalue weighted by Crippen LogP contribution is -1.85. The molecule has 2 aromatic rings. The Balaban J connectivity index is 2.22. The van der Waals surface area contributed by atoms with Crippen LogP contribution < -0.4 is 0 Å². The molecule has 2 rings (SSSR count). The first-order valence-corrected chi connectivity index (χ1v) is 5.01. The van der Waals surface area contributed by atoms with Crippen molar-refractivity contribution in [2.45, 2.75) is 10.1 Å². The lowest BCUT2D eigenvalue weighted by atomic mass is 10.4. The van der Waals surface area contributed by atoms with Gasteiger partial charge in [-0.1, -0.05) is 0 Å². The van der Waals surface area contributed by atoms with E-state index in [-0.39, 0.29) is 0 Å². The summed E-state index contributed by atoms with van der Waals surface area (Å²) in [6, 6.07) is 7.28. The molecule has 2 heterocycles. The SMILES string of the molecule is N#Cc1cc(Sc2ncccn2)ccn1. The van der Waals surface area contributed by atoms with E-state index in [0.717, 1.165) is 4.90 Å². The van der Waals surface area contributed by atoms with Crippen LogP contribution in [0.3, 0.4) is 0 Å². The molecule has 0 saturated heterocycles. The Labute approximate surface area is 91.0 Å². The first-order valence-electron chi connectivity index (χ1n) is 4.19. The molecule has 0 saturated carbocycles. The van der Waals surface area contributed by atoms with Crippen molar-refractivity contribution >= 4 is 11.8 Å². The van der Waals surface area contributed by atoms with Crippen molar-refractivity contribution in [3.05, 3.63) is 42.5 Å². The fourth-order valence-electron chi connectivity index (χ4n) is 0.979. The quantitative estimate of drug-likeness (QED) is 0.714. The minimum atomic E-state index is 0.399. The van der Waals surface area contributed by atoms with Gasteiger partial charge in [0.05, 0.1) is 0 Å². The van der Waals surface area contributed by atoms with E-state index in [1.807, 2.05) is 12.1 Å². The summed E-state index contributed by atoms with van der Waals surface area (Å²) in [6.45, 7) is 0. The molecule has 0 atom stereocenters. The van der Waals surface area contributed by atoms with E-state index in [1.165, 1.54) is 11.8 Å². The van der Waals surface area contributed by atoms with Gasteiger partial charge in [-0.3, -0.25) is 0 Å². The molecule has 0 aliphatic heterocycles. The lowest BCUT2D eigenvalue weighted by Gasteiger charge is -1.98. The van der Waals surface area contributed by atoms with Crippen molar-refractivity contribution in [2.75, 3.05) is 0 Å². The van der Waals surface area contributed by atoms with Crippen LogP contribution in [0.15, 0.2) is 46.8 Å². The van der Waals surface area contributed by atoms with Gasteiger partial charge in [0.25, 0.3) is 0 Å². The third-order valence-electron chi connectivity index (χ3n) is 1.60. The number of hydrogen-bond acceptors (Lipinski definition) is 5. The summed E-state index contributed by atoms with van der Waals surface area (Å²) in [6.07, 6.45) is 4.97. The van der Waals surface area contributed by atoms with Gasteiger partial charge in [-0.2, -0.15) is 5.26 Å². The predicted molar refractivity (Wildman–Crippen MR) is 55.1 cm³/mol. The summed E-state index contributed by atoms with van der Waals surface area (Å²) in [5.74, 6) is 0. The molecule has 0 fully saturated rings. The third-order valence-corrected chi connectivity index (χ3v) is 2.48. The van der Waals surface area contributed by atoms with Gasteiger partial charge in [-0.05, 0) is 30.0 Å². The average Bonchev–Trinajstić information content (AvgIpc) is 2.31. The highest BCUT2D eigenvalue weighted by Crippen LogP contribution is 2.23. The van der Waals surface area contributed by atoms with Gasteiger partial charge in [0.2, 0.25) is 0 Å². The second-order valence-electron chi connectivity index (χ2n) is 2.62. The van der Waals surface area contributed by atoms with Crippen LogP contribution in [0.5, 0.6) is 0 Å². The van der Waals surface area contributed by atoms with E-state index < -0.39 is 0 Å². The minimum Gasteiger partial charge on any atom is -0.245 e. The standard InChI is InChI=1S/C10H6N4S/c11-7-8-6-9(2-5-12-8)15-10-13-3-1-4-14-10/h1-6H. The summed E-state index contributed by atoms with van der Waals surface area (Å²) in [7, 11) is 0. The minimum absolute atomic E-state index is 0.399. The molecule has 5 heteroatoms. The molecule has 2 aromatic heterocycles.